The van der Waals surface area contributed by atoms with Crippen LogP contribution in [0.2, 0.25) is 5.02 Å². The fourth-order valence-corrected chi connectivity index (χ4v) is 4.03. The van der Waals surface area contributed by atoms with Gasteiger partial charge in [0, 0.05) is 16.4 Å². The molecule has 0 bridgehead atoms. The highest BCUT2D eigenvalue weighted by Crippen LogP contribution is 2.21. The number of thiophene rings is 1. The van der Waals surface area contributed by atoms with Gasteiger partial charge in [-0.2, -0.15) is 0 Å². The standard InChI is InChI=1S/C20H21ClN2O2S2/c1-3-14(2)23(20(24)18-5-4-10-26-18)11-16-13-27-19(22-16)12-25-17-8-6-15(21)7-9-17/h4-10,13-14H,3,11-12H2,1-2H3/t14-/m1/s1. The van der Waals surface area contributed by atoms with Crippen LogP contribution in [0.15, 0.2) is 47.2 Å². The van der Waals surface area contributed by atoms with Gasteiger partial charge in [0.25, 0.3) is 5.91 Å². The van der Waals surface area contributed by atoms with E-state index in [0.29, 0.717) is 18.2 Å². The van der Waals surface area contributed by atoms with Crippen molar-refractivity contribution in [2.75, 3.05) is 0 Å². The number of aromatic nitrogens is 1. The van der Waals surface area contributed by atoms with Crippen molar-refractivity contribution in [1.29, 1.82) is 0 Å². The van der Waals surface area contributed by atoms with Crippen molar-refractivity contribution in [2.24, 2.45) is 0 Å². The molecular formula is C20H21ClN2O2S2. The lowest BCUT2D eigenvalue weighted by molar-refractivity contribution is 0.0674. The predicted octanol–water partition coefficient (Wildman–Crippen LogP) is 5.88. The Balaban J connectivity index is 1.64. The average Bonchev–Trinajstić information content (AvgIpc) is 3.36. The van der Waals surface area contributed by atoms with E-state index in [1.165, 1.54) is 11.3 Å². The van der Waals surface area contributed by atoms with Crippen molar-refractivity contribution in [3.63, 3.8) is 0 Å². The number of rotatable bonds is 8. The number of carbonyl (C=O) groups excluding carboxylic acids is 1. The first-order valence-corrected chi connectivity index (χ1v) is 10.9. The zero-order valence-electron chi connectivity index (χ0n) is 15.2. The Hall–Kier alpha value is -1.89. The topological polar surface area (TPSA) is 42.4 Å². The Labute approximate surface area is 172 Å². The number of thiazole rings is 1. The summed E-state index contributed by atoms with van der Waals surface area (Å²) in [6.07, 6.45) is 0.897. The molecule has 7 heteroatoms. The van der Waals surface area contributed by atoms with E-state index in [4.69, 9.17) is 16.3 Å². The Kier molecular flexibility index (Phi) is 6.88. The van der Waals surface area contributed by atoms with Gasteiger partial charge in [0.15, 0.2) is 0 Å². The third-order valence-corrected chi connectivity index (χ3v) is 6.20. The molecule has 3 rings (SSSR count). The molecule has 142 valence electrons. The summed E-state index contributed by atoms with van der Waals surface area (Å²) in [7, 11) is 0. The van der Waals surface area contributed by atoms with Crippen molar-refractivity contribution in [3.8, 4) is 5.75 Å². The second kappa shape index (κ2) is 9.35. The van der Waals surface area contributed by atoms with Crippen LogP contribution in [0.1, 0.15) is 40.6 Å². The van der Waals surface area contributed by atoms with Gasteiger partial charge in [-0.3, -0.25) is 4.79 Å². The minimum atomic E-state index is 0.0614. The average molecular weight is 421 g/mol. The highest BCUT2D eigenvalue weighted by molar-refractivity contribution is 7.12. The van der Waals surface area contributed by atoms with Crippen molar-refractivity contribution in [1.82, 2.24) is 9.88 Å². The zero-order valence-corrected chi connectivity index (χ0v) is 17.6. The van der Waals surface area contributed by atoms with Crippen LogP contribution in [0.25, 0.3) is 0 Å². The van der Waals surface area contributed by atoms with Gasteiger partial charge in [0.05, 0.1) is 17.1 Å². The van der Waals surface area contributed by atoms with E-state index in [1.54, 1.807) is 23.5 Å². The molecule has 3 aromatic rings. The largest absolute Gasteiger partial charge is 0.486 e. The van der Waals surface area contributed by atoms with Crippen molar-refractivity contribution in [3.05, 3.63) is 67.8 Å². The van der Waals surface area contributed by atoms with Crippen molar-refractivity contribution >= 4 is 40.2 Å². The lowest BCUT2D eigenvalue weighted by atomic mass is 10.2. The highest BCUT2D eigenvalue weighted by Gasteiger charge is 2.22. The van der Waals surface area contributed by atoms with Gasteiger partial charge in [0.1, 0.15) is 17.4 Å². The zero-order chi connectivity index (χ0) is 19.2. The van der Waals surface area contributed by atoms with E-state index in [-0.39, 0.29) is 11.9 Å². The molecular weight excluding hydrogens is 400 g/mol. The summed E-state index contributed by atoms with van der Waals surface area (Å²) in [5, 5.41) is 5.49. The maximum Gasteiger partial charge on any atom is 0.264 e. The summed E-state index contributed by atoms with van der Waals surface area (Å²) >= 11 is 8.90. The second-order valence-corrected chi connectivity index (χ2v) is 8.47. The van der Waals surface area contributed by atoms with Crippen LogP contribution in [-0.4, -0.2) is 21.8 Å². The number of nitrogens with zero attached hydrogens (tertiary/aromatic N) is 2. The molecule has 0 saturated carbocycles. The van der Waals surface area contributed by atoms with E-state index in [0.717, 1.165) is 27.7 Å². The van der Waals surface area contributed by atoms with Gasteiger partial charge < -0.3 is 9.64 Å². The Morgan fingerprint density at radius 2 is 2.04 bits per heavy atom. The van der Waals surface area contributed by atoms with Gasteiger partial charge in [-0.25, -0.2) is 4.98 Å². The van der Waals surface area contributed by atoms with E-state index in [1.807, 2.05) is 39.9 Å². The van der Waals surface area contributed by atoms with Crippen LogP contribution in [0.5, 0.6) is 5.75 Å². The first-order chi connectivity index (χ1) is 13.1. The second-order valence-electron chi connectivity index (χ2n) is 6.14. The third-order valence-electron chi connectivity index (χ3n) is 4.22. The van der Waals surface area contributed by atoms with Gasteiger partial charge in [0.2, 0.25) is 0 Å². The molecule has 1 atom stereocenters. The lowest BCUT2D eigenvalue weighted by Gasteiger charge is -2.27. The summed E-state index contributed by atoms with van der Waals surface area (Å²) in [5.74, 6) is 0.816. The molecule has 0 saturated heterocycles. The summed E-state index contributed by atoms with van der Waals surface area (Å²) < 4.78 is 5.75. The number of ether oxygens (including phenoxy) is 1. The Morgan fingerprint density at radius 1 is 1.26 bits per heavy atom. The van der Waals surface area contributed by atoms with Crippen LogP contribution in [0.3, 0.4) is 0 Å². The molecule has 0 unspecified atom stereocenters. The summed E-state index contributed by atoms with van der Waals surface area (Å²) in [5.41, 5.74) is 0.889. The van der Waals surface area contributed by atoms with Gasteiger partial charge in [-0.15, -0.1) is 22.7 Å². The number of carbonyl (C=O) groups is 1. The SMILES string of the molecule is CC[C@@H](C)N(Cc1csc(COc2ccc(Cl)cc2)n1)C(=O)c1cccs1. The predicted molar refractivity (Wildman–Crippen MR) is 112 cm³/mol. The van der Waals surface area contributed by atoms with E-state index >= 15 is 0 Å². The number of hydrogen-bond acceptors (Lipinski definition) is 5. The van der Waals surface area contributed by atoms with Crippen LogP contribution < -0.4 is 4.74 Å². The normalized spacial score (nSPS) is 12.0. The molecule has 0 fully saturated rings. The van der Waals surface area contributed by atoms with E-state index in [2.05, 4.69) is 18.8 Å². The number of hydrogen-bond donors (Lipinski definition) is 0. The molecule has 1 aromatic carbocycles. The quantitative estimate of drug-likeness (QED) is 0.457. The maximum absolute atomic E-state index is 12.8. The fourth-order valence-electron chi connectivity index (χ4n) is 2.53. The van der Waals surface area contributed by atoms with Gasteiger partial charge in [-0.05, 0) is 49.1 Å². The molecule has 2 heterocycles. The first kappa shape index (κ1) is 19.9. The molecule has 0 aliphatic carbocycles. The molecule has 2 aromatic heterocycles. The summed E-state index contributed by atoms with van der Waals surface area (Å²) in [6, 6.07) is 11.2. The minimum Gasteiger partial charge on any atom is -0.486 e. The summed E-state index contributed by atoms with van der Waals surface area (Å²) in [4.78, 5) is 20.1. The van der Waals surface area contributed by atoms with Crippen LogP contribution in [0, 0.1) is 0 Å². The smallest absolute Gasteiger partial charge is 0.264 e. The Bertz CT molecular complexity index is 863. The third kappa shape index (κ3) is 5.31. The summed E-state index contributed by atoms with van der Waals surface area (Å²) in [6.45, 7) is 5.06. The maximum atomic E-state index is 12.8. The molecule has 0 radical (unpaired) electrons. The molecule has 0 aliphatic rings. The Morgan fingerprint density at radius 3 is 2.70 bits per heavy atom. The molecule has 0 N–H and O–H groups in total. The van der Waals surface area contributed by atoms with Crippen molar-refractivity contribution in [2.45, 2.75) is 39.5 Å². The van der Waals surface area contributed by atoms with E-state index in [9.17, 15) is 4.79 Å². The highest BCUT2D eigenvalue weighted by atomic mass is 35.5. The van der Waals surface area contributed by atoms with Crippen LogP contribution in [0.4, 0.5) is 0 Å². The fraction of sp³-hybridized carbons (Fsp3) is 0.300. The molecule has 4 nitrogen and oxygen atoms in total. The first-order valence-electron chi connectivity index (χ1n) is 8.73. The molecule has 27 heavy (non-hydrogen) atoms. The van der Waals surface area contributed by atoms with Crippen LogP contribution in [-0.2, 0) is 13.2 Å². The number of halogens is 1. The molecule has 1 amide bonds. The van der Waals surface area contributed by atoms with E-state index < -0.39 is 0 Å². The van der Waals surface area contributed by atoms with Crippen molar-refractivity contribution < 1.29 is 9.53 Å². The number of benzene rings is 1. The number of amides is 1. The molecule has 0 spiro atoms. The minimum absolute atomic E-state index is 0.0614. The van der Waals surface area contributed by atoms with Gasteiger partial charge in [-0.1, -0.05) is 24.6 Å². The monoisotopic (exact) mass is 420 g/mol. The van der Waals surface area contributed by atoms with Crippen LogP contribution >= 0.6 is 34.3 Å². The molecule has 0 aliphatic heterocycles. The van der Waals surface area contributed by atoms with Gasteiger partial charge >= 0.3 is 0 Å². The lowest BCUT2D eigenvalue weighted by Crippen LogP contribution is -2.37.